The van der Waals surface area contributed by atoms with Gasteiger partial charge in [-0.25, -0.2) is 9.18 Å². The minimum absolute atomic E-state index is 0.0226. The Morgan fingerprint density at radius 3 is 2.56 bits per heavy atom. The molecule has 0 fully saturated rings. The lowest BCUT2D eigenvalue weighted by atomic mass is 9.84. The van der Waals surface area contributed by atoms with Gasteiger partial charge >= 0.3 is 5.97 Å². The minimum Gasteiger partial charge on any atom is -0.461 e. The molecule has 0 aromatic heterocycles. The molecule has 1 heterocycles. The fourth-order valence-corrected chi connectivity index (χ4v) is 3.36. The number of carbonyl (C=O) groups is 2. The van der Waals surface area contributed by atoms with Crippen molar-refractivity contribution in [2.75, 3.05) is 12.4 Å². The summed E-state index contributed by atoms with van der Waals surface area (Å²) in [6.45, 7) is 4.44. The maximum Gasteiger partial charge on any atom is 0.337 e. The van der Waals surface area contributed by atoms with Gasteiger partial charge in [0.1, 0.15) is 18.3 Å². The normalized spacial score (nSPS) is 16.8. The highest BCUT2D eigenvalue weighted by Crippen LogP contribution is 2.39. The van der Waals surface area contributed by atoms with E-state index in [9.17, 15) is 24.1 Å². The number of rotatable bonds is 6. The van der Waals surface area contributed by atoms with Crippen LogP contribution in [0.2, 0.25) is 0 Å². The van der Waals surface area contributed by atoms with E-state index in [0.717, 1.165) is 11.8 Å². The Hall–Kier alpha value is -2.68. The Kier molecular flexibility index (Phi) is 6.73. The first kappa shape index (κ1) is 20.6. The van der Waals surface area contributed by atoms with Crippen LogP contribution in [-0.2, 0) is 14.3 Å². The molecule has 1 aromatic carbocycles. The Labute approximate surface area is 159 Å². The number of nitrogens with one attached hydrogen (secondary N) is 1. The first-order chi connectivity index (χ1) is 12.7. The number of benzene rings is 1. The summed E-state index contributed by atoms with van der Waals surface area (Å²) in [4.78, 5) is 34.6. The molecule has 0 bridgehead atoms. The molecule has 1 aliphatic heterocycles. The number of esters is 1. The number of ether oxygens (including phenoxy) is 1. The zero-order valence-corrected chi connectivity index (χ0v) is 15.9. The van der Waals surface area contributed by atoms with E-state index in [1.54, 1.807) is 13.0 Å². The van der Waals surface area contributed by atoms with Gasteiger partial charge < -0.3 is 10.1 Å². The van der Waals surface area contributed by atoms with Crippen LogP contribution in [0.25, 0.3) is 0 Å². The fourth-order valence-electron chi connectivity index (χ4n) is 2.91. The van der Waals surface area contributed by atoms with Crippen LogP contribution in [0.5, 0.6) is 0 Å². The number of dihydropyridines is 1. The smallest absolute Gasteiger partial charge is 0.337 e. The van der Waals surface area contributed by atoms with E-state index in [1.807, 2.05) is 0 Å². The predicted molar refractivity (Wildman–Crippen MR) is 98.8 cm³/mol. The molecule has 1 atom stereocenters. The zero-order chi connectivity index (χ0) is 20.1. The Morgan fingerprint density at radius 2 is 1.96 bits per heavy atom. The second-order valence-corrected chi connectivity index (χ2v) is 7.13. The lowest BCUT2D eigenvalue weighted by molar-refractivity contribution is -0.431. The standard InChI is InChI=1S/C18H19FN2O5S/c1-10-15(18(23)26-8-9-27-12(3)22)16(13-6-4-5-7-14(13)19)17(21(24)25)11(2)20-10/h4-7,16,20H,8-9H2,1-3H3. The highest BCUT2D eigenvalue weighted by Gasteiger charge is 2.42. The monoisotopic (exact) mass is 394 g/mol. The molecular formula is C18H19FN2O5S. The molecular weight excluding hydrogens is 375 g/mol. The average molecular weight is 394 g/mol. The molecule has 0 radical (unpaired) electrons. The van der Waals surface area contributed by atoms with Crippen LogP contribution in [0.15, 0.2) is 46.9 Å². The molecule has 0 saturated carbocycles. The van der Waals surface area contributed by atoms with Crippen LogP contribution in [-0.4, -0.2) is 28.4 Å². The van der Waals surface area contributed by atoms with Crippen molar-refractivity contribution in [3.05, 3.63) is 68.4 Å². The summed E-state index contributed by atoms with van der Waals surface area (Å²) in [5.41, 5.74) is 0.278. The SMILES string of the molecule is CC(=O)SCCOC(=O)C1=C(C)NC(C)=C([N+](=O)[O-])C1c1ccccc1F. The second kappa shape index (κ2) is 8.81. The summed E-state index contributed by atoms with van der Waals surface area (Å²) in [6, 6.07) is 5.62. The maximum absolute atomic E-state index is 14.4. The summed E-state index contributed by atoms with van der Waals surface area (Å²) < 4.78 is 19.6. The molecule has 1 aromatic rings. The zero-order valence-electron chi connectivity index (χ0n) is 15.1. The third-order valence-corrected chi connectivity index (χ3v) is 4.76. The van der Waals surface area contributed by atoms with Crippen molar-refractivity contribution in [3.63, 3.8) is 0 Å². The van der Waals surface area contributed by atoms with Gasteiger partial charge in [0.15, 0.2) is 5.12 Å². The van der Waals surface area contributed by atoms with Gasteiger partial charge in [-0.05, 0) is 19.9 Å². The largest absolute Gasteiger partial charge is 0.461 e. The molecule has 2 rings (SSSR count). The van der Waals surface area contributed by atoms with Crippen LogP contribution in [0.3, 0.4) is 0 Å². The first-order valence-electron chi connectivity index (χ1n) is 8.11. The van der Waals surface area contributed by atoms with Gasteiger partial charge in [0, 0.05) is 23.9 Å². The fraction of sp³-hybridized carbons (Fsp3) is 0.333. The van der Waals surface area contributed by atoms with Gasteiger partial charge in [0.05, 0.1) is 16.2 Å². The lowest BCUT2D eigenvalue weighted by Crippen LogP contribution is -2.32. The first-order valence-corrected chi connectivity index (χ1v) is 9.10. The molecule has 7 nitrogen and oxygen atoms in total. The van der Waals surface area contributed by atoms with Gasteiger partial charge in [0.2, 0.25) is 0 Å². The average Bonchev–Trinajstić information content (AvgIpc) is 2.57. The van der Waals surface area contributed by atoms with Gasteiger partial charge in [-0.15, -0.1) is 0 Å². The third-order valence-electron chi connectivity index (χ3n) is 3.98. The summed E-state index contributed by atoms with van der Waals surface area (Å²) >= 11 is 1.00. The number of hydrogen-bond acceptors (Lipinski definition) is 7. The molecule has 27 heavy (non-hydrogen) atoms. The number of carbonyl (C=O) groups excluding carboxylic acids is 2. The quantitative estimate of drug-likeness (QED) is 0.342. The molecule has 0 aliphatic carbocycles. The van der Waals surface area contributed by atoms with Crippen LogP contribution in [0, 0.1) is 15.9 Å². The van der Waals surface area contributed by atoms with Crippen molar-refractivity contribution in [2.24, 2.45) is 0 Å². The van der Waals surface area contributed by atoms with E-state index in [2.05, 4.69) is 5.32 Å². The molecule has 144 valence electrons. The van der Waals surface area contributed by atoms with Gasteiger partial charge in [0.25, 0.3) is 5.70 Å². The van der Waals surface area contributed by atoms with E-state index in [1.165, 1.54) is 32.0 Å². The van der Waals surface area contributed by atoms with Gasteiger partial charge in [-0.2, -0.15) is 0 Å². The van der Waals surface area contributed by atoms with E-state index >= 15 is 0 Å². The van der Waals surface area contributed by atoms with E-state index in [4.69, 9.17) is 4.74 Å². The molecule has 1 unspecified atom stereocenters. The van der Waals surface area contributed by atoms with Gasteiger partial charge in [-0.3, -0.25) is 14.9 Å². The number of nitrogens with zero attached hydrogens (tertiary/aromatic N) is 1. The number of halogens is 1. The van der Waals surface area contributed by atoms with Crippen LogP contribution >= 0.6 is 11.8 Å². The van der Waals surface area contributed by atoms with Crippen LogP contribution in [0.4, 0.5) is 4.39 Å². The van der Waals surface area contributed by atoms with E-state index < -0.39 is 22.6 Å². The Balaban J connectivity index is 2.42. The Bertz CT molecular complexity index is 850. The summed E-state index contributed by atoms with van der Waals surface area (Å²) in [6.07, 6.45) is 0. The van der Waals surface area contributed by atoms with Crippen LogP contribution < -0.4 is 5.32 Å². The molecule has 0 spiro atoms. The maximum atomic E-state index is 14.4. The van der Waals surface area contributed by atoms with Crippen molar-refractivity contribution >= 4 is 22.8 Å². The third kappa shape index (κ3) is 4.73. The topological polar surface area (TPSA) is 98.5 Å². The summed E-state index contributed by atoms with van der Waals surface area (Å²) in [7, 11) is 0. The van der Waals surface area contributed by atoms with Crippen molar-refractivity contribution in [1.29, 1.82) is 0 Å². The second-order valence-electron chi connectivity index (χ2n) is 5.86. The lowest BCUT2D eigenvalue weighted by Gasteiger charge is -2.26. The van der Waals surface area contributed by atoms with Crippen LogP contribution in [0.1, 0.15) is 32.3 Å². The van der Waals surface area contributed by atoms with Crippen molar-refractivity contribution < 1.29 is 23.6 Å². The highest BCUT2D eigenvalue weighted by atomic mass is 32.2. The van der Waals surface area contributed by atoms with Crippen molar-refractivity contribution in [1.82, 2.24) is 5.32 Å². The number of nitro groups is 1. The van der Waals surface area contributed by atoms with E-state index in [-0.39, 0.29) is 40.0 Å². The molecule has 1 N–H and O–H groups in total. The number of hydrogen-bond donors (Lipinski definition) is 1. The minimum atomic E-state index is -1.20. The van der Waals surface area contributed by atoms with Crippen molar-refractivity contribution in [3.8, 4) is 0 Å². The highest BCUT2D eigenvalue weighted by molar-refractivity contribution is 8.13. The predicted octanol–water partition coefficient (Wildman–Crippen LogP) is 3.12. The number of thioether (sulfide) groups is 1. The van der Waals surface area contributed by atoms with Gasteiger partial charge in [-0.1, -0.05) is 30.0 Å². The van der Waals surface area contributed by atoms with Crippen molar-refractivity contribution in [2.45, 2.75) is 26.7 Å². The molecule has 0 saturated heterocycles. The molecule has 9 heteroatoms. The molecule has 1 aliphatic rings. The number of allylic oxidation sites excluding steroid dienone is 3. The summed E-state index contributed by atoms with van der Waals surface area (Å²) in [5.74, 6) is -2.37. The summed E-state index contributed by atoms with van der Waals surface area (Å²) in [5, 5.41) is 14.3. The molecule has 0 amide bonds. The Morgan fingerprint density at radius 1 is 1.30 bits per heavy atom. The van der Waals surface area contributed by atoms with E-state index in [0.29, 0.717) is 5.70 Å².